The second-order valence-corrected chi connectivity index (χ2v) is 10.1. The van der Waals surface area contributed by atoms with Gasteiger partial charge in [0.2, 0.25) is 0 Å². The number of aliphatic hydroxyl groups excluding tert-OH is 1. The van der Waals surface area contributed by atoms with Gasteiger partial charge in [-0.2, -0.15) is 0 Å². The third-order valence-corrected chi connectivity index (χ3v) is 8.50. The van der Waals surface area contributed by atoms with E-state index in [1.165, 1.54) is 16.7 Å². The molecule has 0 aliphatic heterocycles. The lowest BCUT2D eigenvalue weighted by molar-refractivity contribution is -0.139. The van der Waals surface area contributed by atoms with Crippen molar-refractivity contribution in [1.82, 2.24) is 0 Å². The predicted octanol–water partition coefficient (Wildman–Crippen LogP) is 5.18. The Kier molecular flexibility index (Phi) is 5.29. The highest BCUT2D eigenvalue weighted by atomic mass is 16.5. The van der Waals surface area contributed by atoms with Crippen molar-refractivity contribution in [3.63, 3.8) is 0 Å². The number of aliphatic hydroxyl groups is 1. The van der Waals surface area contributed by atoms with E-state index in [1.807, 2.05) is 18.2 Å². The lowest BCUT2D eigenvalue weighted by Gasteiger charge is -2.50. The summed E-state index contributed by atoms with van der Waals surface area (Å²) in [5, 5.41) is 20.3. The molecule has 4 heteroatoms. The number of benzene rings is 2. The van der Waals surface area contributed by atoms with E-state index in [9.17, 15) is 15.0 Å². The second-order valence-electron chi connectivity index (χ2n) is 10.1. The average Bonchev–Trinajstić information content (AvgIpc) is 3.02. The van der Waals surface area contributed by atoms with Gasteiger partial charge in [-0.15, -0.1) is 0 Å². The van der Waals surface area contributed by atoms with Crippen LogP contribution in [-0.4, -0.2) is 22.3 Å². The molecule has 4 nitrogen and oxygen atoms in total. The fourth-order valence-electron chi connectivity index (χ4n) is 6.96. The summed E-state index contributed by atoms with van der Waals surface area (Å²) >= 11 is 0. The molecule has 0 spiro atoms. The van der Waals surface area contributed by atoms with Gasteiger partial charge in [0.25, 0.3) is 0 Å². The summed E-state index contributed by atoms with van der Waals surface area (Å²) in [6, 6.07) is 16.8. The number of carbonyl (C=O) groups is 1. The van der Waals surface area contributed by atoms with E-state index in [0.717, 1.165) is 37.9 Å². The van der Waals surface area contributed by atoms with Crippen LogP contribution in [0.2, 0.25) is 0 Å². The third-order valence-electron chi connectivity index (χ3n) is 8.50. The first-order valence-electron chi connectivity index (χ1n) is 11.6. The van der Waals surface area contributed by atoms with Crippen molar-refractivity contribution >= 4 is 5.97 Å². The maximum Gasteiger partial charge on any atom is 0.303 e. The van der Waals surface area contributed by atoms with Crippen molar-refractivity contribution in [3.8, 4) is 5.75 Å². The van der Waals surface area contributed by atoms with Gasteiger partial charge in [0, 0.05) is 0 Å². The van der Waals surface area contributed by atoms with Crippen molar-refractivity contribution in [2.45, 2.75) is 64.1 Å². The molecule has 6 atom stereocenters. The summed E-state index contributed by atoms with van der Waals surface area (Å²) in [7, 11) is 0. The number of rotatable bonds is 5. The maximum absolute atomic E-state index is 11.3. The van der Waals surface area contributed by atoms with E-state index >= 15 is 0 Å². The highest BCUT2D eigenvalue weighted by Crippen LogP contribution is 2.62. The lowest BCUT2D eigenvalue weighted by Crippen LogP contribution is -2.44. The van der Waals surface area contributed by atoms with Crippen molar-refractivity contribution in [2.24, 2.45) is 23.2 Å². The largest absolute Gasteiger partial charge is 0.489 e. The molecule has 164 valence electrons. The summed E-state index contributed by atoms with van der Waals surface area (Å²) in [6.45, 7) is 2.78. The topological polar surface area (TPSA) is 66.8 Å². The molecule has 0 saturated heterocycles. The number of fused-ring (bicyclic) bond motifs is 5. The Morgan fingerprint density at radius 1 is 1.16 bits per heavy atom. The normalized spacial score (nSPS) is 33.8. The molecule has 2 aromatic carbocycles. The number of ether oxygens (including phenoxy) is 1. The van der Waals surface area contributed by atoms with Crippen LogP contribution in [-0.2, 0) is 17.8 Å². The number of aliphatic carboxylic acids is 1. The highest BCUT2D eigenvalue weighted by molar-refractivity contribution is 5.67. The Morgan fingerprint density at radius 3 is 2.74 bits per heavy atom. The van der Waals surface area contributed by atoms with Gasteiger partial charge in [-0.05, 0) is 90.0 Å². The quantitative estimate of drug-likeness (QED) is 0.699. The third kappa shape index (κ3) is 3.65. The molecule has 5 rings (SSSR count). The van der Waals surface area contributed by atoms with Gasteiger partial charge in [-0.3, -0.25) is 4.79 Å². The van der Waals surface area contributed by atoms with Crippen LogP contribution in [0.15, 0.2) is 48.5 Å². The van der Waals surface area contributed by atoms with Gasteiger partial charge >= 0.3 is 5.97 Å². The van der Waals surface area contributed by atoms with E-state index in [1.54, 1.807) is 0 Å². The van der Waals surface area contributed by atoms with E-state index in [2.05, 4.69) is 37.3 Å². The first-order valence-corrected chi connectivity index (χ1v) is 11.6. The van der Waals surface area contributed by atoms with Crippen molar-refractivity contribution in [1.29, 1.82) is 0 Å². The van der Waals surface area contributed by atoms with Crippen LogP contribution in [0, 0.1) is 23.2 Å². The number of carboxylic acid groups (broad SMARTS) is 1. The Bertz CT molecular complexity index is 955. The molecule has 31 heavy (non-hydrogen) atoms. The summed E-state index contributed by atoms with van der Waals surface area (Å²) in [6.07, 6.45) is 4.64. The molecule has 0 bridgehead atoms. The van der Waals surface area contributed by atoms with Gasteiger partial charge in [0.1, 0.15) is 12.4 Å². The summed E-state index contributed by atoms with van der Waals surface area (Å²) in [5.74, 6) is 1.49. The highest BCUT2D eigenvalue weighted by Gasteiger charge is 2.58. The fraction of sp³-hybridized carbons (Fsp3) is 0.519. The molecule has 0 heterocycles. The first-order chi connectivity index (χ1) is 15.0. The fourth-order valence-corrected chi connectivity index (χ4v) is 6.96. The minimum atomic E-state index is -0.792. The monoisotopic (exact) mass is 420 g/mol. The Labute approximate surface area is 184 Å². The Hall–Kier alpha value is -2.33. The molecule has 3 aliphatic carbocycles. The van der Waals surface area contributed by atoms with Crippen LogP contribution >= 0.6 is 0 Å². The smallest absolute Gasteiger partial charge is 0.303 e. The zero-order chi connectivity index (χ0) is 21.6. The van der Waals surface area contributed by atoms with Gasteiger partial charge in [0.15, 0.2) is 0 Å². The van der Waals surface area contributed by atoms with E-state index in [-0.39, 0.29) is 17.8 Å². The van der Waals surface area contributed by atoms with Gasteiger partial charge in [-0.25, -0.2) is 0 Å². The Balaban J connectivity index is 1.33. The summed E-state index contributed by atoms with van der Waals surface area (Å²) in [4.78, 5) is 11.3. The number of hydrogen-bond donors (Lipinski definition) is 2. The zero-order valence-corrected chi connectivity index (χ0v) is 18.2. The van der Waals surface area contributed by atoms with Gasteiger partial charge in [-0.1, -0.05) is 43.3 Å². The van der Waals surface area contributed by atoms with Crippen LogP contribution in [0.1, 0.15) is 61.6 Å². The van der Waals surface area contributed by atoms with Crippen molar-refractivity contribution < 1.29 is 19.7 Å². The number of hydrogen-bond acceptors (Lipinski definition) is 3. The van der Waals surface area contributed by atoms with Crippen LogP contribution in [0.25, 0.3) is 0 Å². The van der Waals surface area contributed by atoms with Crippen molar-refractivity contribution in [3.05, 3.63) is 65.2 Å². The first kappa shape index (κ1) is 20.6. The molecule has 2 N–H and O–H groups in total. The average molecular weight is 421 g/mol. The minimum Gasteiger partial charge on any atom is -0.489 e. The van der Waals surface area contributed by atoms with Crippen LogP contribution in [0.3, 0.4) is 0 Å². The maximum atomic E-state index is 11.3. The molecule has 0 unspecified atom stereocenters. The molecule has 3 aliphatic rings. The van der Waals surface area contributed by atoms with Gasteiger partial charge < -0.3 is 14.9 Å². The standard InChI is InChI=1S/C27H32O4/c1-27-12-11-22-21-10-8-20(31-16-17-5-3-2-4-6-17)13-18(21)7-9-23(22)24(27)14-19(26(27)30)15-25(28)29/h2-6,8,10,13,19,22-24,26,30H,7,9,11-12,14-16H2,1H3,(H,28,29)/t19-,22+,23+,24-,26-,27-/m0/s1. The molecule has 0 amide bonds. The zero-order valence-electron chi connectivity index (χ0n) is 18.2. The van der Waals surface area contributed by atoms with E-state index in [0.29, 0.717) is 24.4 Å². The van der Waals surface area contributed by atoms with E-state index < -0.39 is 12.1 Å². The Morgan fingerprint density at radius 2 is 1.97 bits per heavy atom. The molecule has 0 aromatic heterocycles. The predicted molar refractivity (Wildman–Crippen MR) is 119 cm³/mol. The molecule has 0 radical (unpaired) electrons. The molecule has 2 saturated carbocycles. The SMILES string of the molecule is C[C@]12CC[C@@H]3c4ccc(OCc5ccccc5)cc4CC[C@H]3[C@@H]1C[C@@H](CC(=O)O)[C@@H]2O. The van der Waals surface area contributed by atoms with E-state index in [4.69, 9.17) is 4.74 Å². The van der Waals surface area contributed by atoms with Gasteiger partial charge in [0.05, 0.1) is 12.5 Å². The summed E-state index contributed by atoms with van der Waals surface area (Å²) < 4.78 is 6.06. The van der Waals surface area contributed by atoms with Crippen LogP contribution < -0.4 is 4.74 Å². The molecular formula is C27H32O4. The molecular weight excluding hydrogens is 388 g/mol. The minimum absolute atomic E-state index is 0.0867. The van der Waals surface area contributed by atoms with Crippen LogP contribution in [0.5, 0.6) is 5.75 Å². The number of carboxylic acids is 1. The lowest BCUT2D eigenvalue weighted by atomic mass is 9.55. The molecule has 2 fully saturated rings. The van der Waals surface area contributed by atoms with Crippen LogP contribution in [0.4, 0.5) is 0 Å². The molecule has 2 aromatic rings. The second kappa shape index (κ2) is 7.98. The summed E-state index contributed by atoms with van der Waals surface area (Å²) in [5.41, 5.74) is 3.87. The van der Waals surface area contributed by atoms with Crippen molar-refractivity contribution in [2.75, 3.05) is 0 Å². The number of aryl methyl sites for hydroxylation is 1.